The number of rotatable bonds is 1. The number of H-pyrrole nitrogens is 1. The van der Waals surface area contributed by atoms with Crippen molar-refractivity contribution in [2.75, 3.05) is 26.7 Å². The van der Waals surface area contributed by atoms with Crippen LogP contribution in [0.5, 0.6) is 0 Å². The summed E-state index contributed by atoms with van der Waals surface area (Å²) in [6.45, 7) is 4.38. The molecule has 1 saturated heterocycles. The van der Waals surface area contributed by atoms with Gasteiger partial charge in [-0.2, -0.15) is 0 Å². The molecule has 6 heteroatoms. The van der Waals surface area contributed by atoms with E-state index in [0.29, 0.717) is 5.69 Å². The molecule has 0 bridgehead atoms. The summed E-state index contributed by atoms with van der Waals surface area (Å²) in [4.78, 5) is 29.5. The van der Waals surface area contributed by atoms with Gasteiger partial charge in [-0.3, -0.25) is 14.7 Å². The molecule has 1 amide bonds. The molecule has 2 aromatic heterocycles. The van der Waals surface area contributed by atoms with Crippen molar-refractivity contribution in [2.45, 2.75) is 31.7 Å². The third-order valence-corrected chi connectivity index (χ3v) is 6.58. The molecule has 3 aromatic rings. The molecule has 5 rings (SSSR count). The van der Waals surface area contributed by atoms with Crippen LogP contribution in [0.25, 0.3) is 10.9 Å². The summed E-state index contributed by atoms with van der Waals surface area (Å²) < 4.78 is 0. The van der Waals surface area contributed by atoms with E-state index < -0.39 is 0 Å². The van der Waals surface area contributed by atoms with Crippen molar-refractivity contribution < 1.29 is 4.79 Å². The third-order valence-electron chi connectivity index (χ3n) is 6.58. The number of hydrogen-bond donors (Lipinski definition) is 1. The van der Waals surface area contributed by atoms with Crippen molar-refractivity contribution in [1.82, 2.24) is 24.8 Å². The van der Waals surface area contributed by atoms with Gasteiger partial charge in [-0.05, 0) is 44.9 Å². The number of likely N-dealkylation sites (N-methyl/N-ethyl adjacent to an activating group) is 1. The zero-order valence-electron chi connectivity index (χ0n) is 16.4. The van der Waals surface area contributed by atoms with Crippen LogP contribution in [0.1, 0.15) is 40.3 Å². The SMILES string of the molecule is Cc1cnc(C(=O)N2CCC3(CC2)c2[nH]c4ccccc4c2CCN3C)cn1. The van der Waals surface area contributed by atoms with Crippen molar-refractivity contribution in [3.8, 4) is 0 Å². The van der Waals surface area contributed by atoms with Gasteiger partial charge in [-0.15, -0.1) is 0 Å². The number of likely N-dealkylation sites (tertiary alicyclic amines) is 1. The van der Waals surface area contributed by atoms with E-state index in [1.165, 1.54) is 22.2 Å². The van der Waals surface area contributed by atoms with Crippen LogP contribution in [-0.4, -0.2) is 57.3 Å². The van der Waals surface area contributed by atoms with Crippen LogP contribution in [0.2, 0.25) is 0 Å². The number of fused-ring (bicyclic) bond motifs is 4. The fourth-order valence-corrected chi connectivity index (χ4v) is 4.92. The van der Waals surface area contributed by atoms with Crippen LogP contribution >= 0.6 is 0 Å². The minimum absolute atomic E-state index is 0.0160. The number of para-hydroxylation sites is 1. The summed E-state index contributed by atoms with van der Waals surface area (Å²) in [5.41, 5.74) is 5.26. The molecule has 0 unspecified atom stereocenters. The van der Waals surface area contributed by atoms with Gasteiger partial charge in [-0.1, -0.05) is 18.2 Å². The standard InChI is InChI=1S/C22H25N5O/c1-15-13-24-19(14-23-15)21(28)27-11-8-22(9-12-27)20-17(7-10-26(22)2)16-5-3-4-6-18(16)25-20/h3-6,13-14,25H,7-12H2,1-2H3. The van der Waals surface area contributed by atoms with Gasteiger partial charge in [0, 0.05) is 42.4 Å². The lowest BCUT2D eigenvalue weighted by atomic mass is 9.78. The van der Waals surface area contributed by atoms with E-state index in [9.17, 15) is 4.79 Å². The second kappa shape index (κ2) is 6.41. The number of piperidine rings is 1. The molecular weight excluding hydrogens is 350 g/mol. The van der Waals surface area contributed by atoms with Crippen molar-refractivity contribution >= 4 is 16.8 Å². The van der Waals surface area contributed by atoms with Crippen LogP contribution < -0.4 is 0 Å². The Bertz CT molecular complexity index is 1030. The molecule has 0 radical (unpaired) electrons. The Kier molecular flexibility index (Phi) is 3.98. The lowest BCUT2D eigenvalue weighted by Crippen LogP contribution is -2.55. The fraction of sp³-hybridized carbons (Fsp3) is 0.409. The topological polar surface area (TPSA) is 65.1 Å². The quantitative estimate of drug-likeness (QED) is 0.710. The molecule has 1 aromatic carbocycles. The Morgan fingerprint density at radius 1 is 1.11 bits per heavy atom. The Balaban J connectivity index is 1.44. The number of nitrogens with zero attached hydrogens (tertiary/aromatic N) is 4. The van der Waals surface area contributed by atoms with Crippen molar-refractivity contribution in [3.05, 3.63) is 59.3 Å². The molecule has 1 spiro atoms. The van der Waals surface area contributed by atoms with Gasteiger partial charge < -0.3 is 9.88 Å². The first kappa shape index (κ1) is 17.4. The summed E-state index contributed by atoms with van der Waals surface area (Å²) >= 11 is 0. The van der Waals surface area contributed by atoms with Gasteiger partial charge in [0.05, 0.1) is 17.4 Å². The number of aryl methyl sites for hydroxylation is 1. The monoisotopic (exact) mass is 375 g/mol. The molecule has 4 heterocycles. The minimum atomic E-state index is -0.0255. The molecule has 0 atom stereocenters. The molecule has 0 saturated carbocycles. The van der Waals surface area contributed by atoms with Crippen LogP contribution in [0, 0.1) is 6.92 Å². The van der Waals surface area contributed by atoms with Gasteiger partial charge in [0.1, 0.15) is 5.69 Å². The predicted molar refractivity (Wildman–Crippen MR) is 108 cm³/mol. The maximum Gasteiger partial charge on any atom is 0.274 e. The average molecular weight is 375 g/mol. The van der Waals surface area contributed by atoms with Gasteiger partial charge >= 0.3 is 0 Å². The highest BCUT2D eigenvalue weighted by Gasteiger charge is 2.45. The molecule has 1 fully saturated rings. The average Bonchev–Trinajstić information content (AvgIpc) is 3.11. The zero-order valence-corrected chi connectivity index (χ0v) is 16.4. The first-order valence-electron chi connectivity index (χ1n) is 9.98. The highest BCUT2D eigenvalue weighted by Crippen LogP contribution is 2.44. The zero-order chi connectivity index (χ0) is 19.3. The molecule has 2 aliphatic rings. The Labute approximate surface area is 164 Å². The number of benzene rings is 1. The number of aromatic nitrogens is 3. The molecule has 2 aliphatic heterocycles. The van der Waals surface area contributed by atoms with E-state index in [2.05, 4.69) is 51.2 Å². The van der Waals surface area contributed by atoms with E-state index in [0.717, 1.165) is 44.6 Å². The highest BCUT2D eigenvalue weighted by atomic mass is 16.2. The second-order valence-corrected chi connectivity index (χ2v) is 8.06. The van der Waals surface area contributed by atoms with E-state index in [-0.39, 0.29) is 11.4 Å². The summed E-state index contributed by atoms with van der Waals surface area (Å²) in [5.74, 6) is -0.0160. The van der Waals surface area contributed by atoms with Crippen LogP contribution in [-0.2, 0) is 12.0 Å². The van der Waals surface area contributed by atoms with Gasteiger partial charge in [0.25, 0.3) is 5.91 Å². The van der Waals surface area contributed by atoms with Crippen LogP contribution in [0.3, 0.4) is 0 Å². The Hall–Kier alpha value is -2.73. The first-order chi connectivity index (χ1) is 13.6. The second-order valence-electron chi connectivity index (χ2n) is 8.06. The van der Waals surface area contributed by atoms with Crippen LogP contribution in [0.4, 0.5) is 0 Å². The number of carbonyl (C=O) groups is 1. The lowest BCUT2D eigenvalue weighted by Gasteiger charge is -2.49. The fourth-order valence-electron chi connectivity index (χ4n) is 4.92. The third kappa shape index (κ3) is 2.55. The van der Waals surface area contributed by atoms with E-state index in [1.54, 1.807) is 12.4 Å². The Morgan fingerprint density at radius 2 is 1.89 bits per heavy atom. The summed E-state index contributed by atoms with van der Waals surface area (Å²) in [6.07, 6.45) is 6.16. The maximum absolute atomic E-state index is 12.9. The van der Waals surface area contributed by atoms with E-state index in [4.69, 9.17) is 0 Å². The van der Waals surface area contributed by atoms with Crippen molar-refractivity contribution in [2.24, 2.45) is 0 Å². The molecule has 1 N–H and O–H groups in total. The summed E-state index contributed by atoms with van der Waals surface area (Å²) in [6, 6.07) is 8.59. The maximum atomic E-state index is 12.9. The highest BCUT2D eigenvalue weighted by molar-refractivity contribution is 5.92. The van der Waals surface area contributed by atoms with Gasteiger partial charge in [-0.25, -0.2) is 4.98 Å². The summed E-state index contributed by atoms with van der Waals surface area (Å²) in [5, 5.41) is 1.35. The molecule has 28 heavy (non-hydrogen) atoms. The van der Waals surface area contributed by atoms with Gasteiger partial charge in [0.15, 0.2) is 0 Å². The normalized spacial score (nSPS) is 19.1. The number of amides is 1. The van der Waals surface area contributed by atoms with E-state index >= 15 is 0 Å². The minimum Gasteiger partial charge on any atom is -0.357 e. The summed E-state index contributed by atoms with van der Waals surface area (Å²) in [7, 11) is 2.22. The first-order valence-corrected chi connectivity index (χ1v) is 9.98. The predicted octanol–water partition coefficient (Wildman–Crippen LogP) is 2.89. The van der Waals surface area contributed by atoms with Crippen molar-refractivity contribution in [1.29, 1.82) is 0 Å². The number of hydrogen-bond acceptors (Lipinski definition) is 4. The molecular formula is C22H25N5O. The molecule has 6 nitrogen and oxygen atoms in total. The van der Waals surface area contributed by atoms with Crippen molar-refractivity contribution in [3.63, 3.8) is 0 Å². The number of nitrogens with one attached hydrogen (secondary N) is 1. The van der Waals surface area contributed by atoms with Gasteiger partial charge in [0.2, 0.25) is 0 Å². The largest absolute Gasteiger partial charge is 0.357 e. The molecule has 144 valence electrons. The number of carbonyl (C=O) groups excluding carboxylic acids is 1. The van der Waals surface area contributed by atoms with Crippen LogP contribution in [0.15, 0.2) is 36.7 Å². The lowest BCUT2D eigenvalue weighted by molar-refractivity contribution is 0.0228. The van der Waals surface area contributed by atoms with E-state index in [1.807, 2.05) is 11.8 Å². The smallest absolute Gasteiger partial charge is 0.274 e. The molecule has 0 aliphatic carbocycles. The Morgan fingerprint density at radius 3 is 2.64 bits per heavy atom. The number of aromatic amines is 1.